The van der Waals surface area contributed by atoms with Gasteiger partial charge in [-0.1, -0.05) is 33.8 Å². The highest BCUT2D eigenvalue weighted by Crippen LogP contribution is 2.42. The van der Waals surface area contributed by atoms with E-state index in [1.807, 2.05) is 32.2 Å². The SMILES string of the molecule is CCn1c(-c2cccnc2[C@H](C)OC)c2c3cc(ccc31)-c1csc(n1)C[C@H](NC(=O)C(C(C)C)N(C)C(=O)N1CC[C@H](N(C)C(=O)[C@H]3CN3)C1)C(=O)N1CCC[C@H](N1)C(=O)OCC(C)(C)C2. The van der Waals surface area contributed by atoms with Crippen molar-refractivity contribution in [1.82, 2.24) is 50.3 Å². The fourth-order valence-corrected chi connectivity index (χ4v) is 10.8. The quantitative estimate of drug-likeness (QED) is 0.146. The summed E-state index contributed by atoms with van der Waals surface area (Å²) in [6.07, 6.45) is 3.83. The number of amides is 5. The molecule has 1 aromatic carbocycles. The van der Waals surface area contributed by atoms with Crippen LogP contribution in [0.25, 0.3) is 33.4 Å². The van der Waals surface area contributed by atoms with Crippen LogP contribution in [0.4, 0.5) is 4.79 Å². The fourth-order valence-electron chi connectivity index (χ4n) is 9.98. The van der Waals surface area contributed by atoms with Crippen molar-refractivity contribution < 1.29 is 33.4 Å². The predicted octanol–water partition coefficient (Wildman–Crippen LogP) is 4.78. The van der Waals surface area contributed by atoms with Crippen LogP contribution in [0.3, 0.4) is 0 Å². The number of nitrogens with zero attached hydrogens (tertiary/aromatic N) is 7. The molecule has 1 unspecified atom stereocenters. The van der Waals surface area contributed by atoms with Crippen molar-refractivity contribution in [2.45, 2.75) is 117 Å². The maximum atomic E-state index is 14.7. The normalized spacial score (nSPS) is 22.8. The number of likely N-dealkylation sites (tertiary alicyclic amines) is 1. The van der Waals surface area contributed by atoms with Crippen LogP contribution >= 0.6 is 11.3 Å². The van der Waals surface area contributed by atoms with Crippen LogP contribution in [0.15, 0.2) is 41.9 Å². The first-order valence-electron chi connectivity index (χ1n) is 23.6. The number of pyridine rings is 1. The first-order chi connectivity index (χ1) is 32.0. The van der Waals surface area contributed by atoms with E-state index in [1.165, 1.54) is 21.2 Å². The number of thiazole rings is 1. The van der Waals surface area contributed by atoms with Gasteiger partial charge in [0, 0.05) is 99.4 Å². The van der Waals surface area contributed by atoms with Gasteiger partial charge in [0.05, 0.1) is 46.9 Å². The molecule has 6 atom stereocenters. The number of benzene rings is 1. The molecular formula is C49H66N10O7S. The Kier molecular flexibility index (Phi) is 14.1. The number of nitrogens with one attached hydrogen (secondary N) is 3. The van der Waals surface area contributed by atoms with Gasteiger partial charge in [-0.3, -0.25) is 29.2 Å². The van der Waals surface area contributed by atoms with Crippen molar-refractivity contribution in [3.8, 4) is 22.5 Å². The van der Waals surface area contributed by atoms with E-state index in [0.717, 1.165) is 44.7 Å². The number of aromatic nitrogens is 3. The molecule has 4 aromatic rings. The summed E-state index contributed by atoms with van der Waals surface area (Å²) in [5.41, 5.74) is 9.28. The number of esters is 1. The number of ether oxygens (including phenoxy) is 2. The molecule has 0 radical (unpaired) electrons. The smallest absolute Gasteiger partial charge is 0.324 e. The standard InChI is InChI=1S/C49H66N10O7S/c1-10-58-39-16-15-30-21-33(39)34(43(58)32-13-11-18-50-41(32)29(4)65-9)23-49(5,6)27-66-47(63)35-14-12-19-59(54-35)46(62)36(22-40-52-38(30)26-67-40)53-44(60)42(28(2)3)56(8)48(64)57-20-17-31(25-57)55(7)45(61)37-24-51-37/h11,13,15-16,18,21,26,28-29,31,35-37,42,51,54H,10,12,14,17,19-20,22-25,27H2,1-9H3,(H,53,60)/t29-,31-,35-,36-,37+,42?/m0/s1. The molecule has 5 amide bonds. The van der Waals surface area contributed by atoms with Gasteiger partial charge in [0.25, 0.3) is 5.91 Å². The number of fused-ring (bicyclic) bond motifs is 6. The Bertz CT molecular complexity index is 2520. The highest BCUT2D eigenvalue weighted by atomic mass is 32.1. The van der Waals surface area contributed by atoms with E-state index in [1.54, 1.807) is 37.2 Å². The summed E-state index contributed by atoms with van der Waals surface area (Å²) in [6.45, 7) is 14.7. The number of hydrogen-bond donors (Lipinski definition) is 3. The molecule has 3 saturated heterocycles. The molecular weight excluding hydrogens is 873 g/mol. The van der Waals surface area contributed by atoms with E-state index in [9.17, 15) is 24.0 Å². The van der Waals surface area contributed by atoms with Crippen molar-refractivity contribution >= 4 is 52.0 Å². The van der Waals surface area contributed by atoms with Gasteiger partial charge in [0.2, 0.25) is 11.8 Å². The Hall–Kier alpha value is -5.43. The van der Waals surface area contributed by atoms with Crippen LogP contribution in [0, 0.1) is 11.3 Å². The van der Waals surface area contributed by atoms with Crippen LogP contribution in [-0.2, 0) is 48.0 Å². The number of cyclic esters (lactones) is 1. The molecule has 3 fully saturated rings. The van der Waals surface area contributed by atoms with Crippen LogP contribution in [0.5, 0.6) is 0 Å². The van der Waals surface area contributed by atoms with Gasteiger partial charge >= 0.3 is 12.0 Å². The molecule has 0 aliphatic carbocycles. The fraction of sp³-hybridized carbons (Fsp3) is 0.571. The van der Waals surface area contributed by atoms with Gasteiger partial charge in [0.1, 0.15) is 18.1 Å². The molecule has 0 saturated carbocycles. The molecule has 6 bridgehead atoms. The molecule has 17 nitrogen and oxygen atoms in total. The Morgan fingerprint density at radius 3 is 2.60 bits per heavy atom. The van der Waals surface area contributed by atoms with Crippen molar-refractivity contribution in [3.05, 3.63) is 58.2 Å². The van der Waals surface area contributed by atoms with E-state index in [2.05, 4.69) is 65.7 Å². The zero-order valence-electron chi connectivity index (χ0n) is 40.3. The van der Waals surface area contributed by atoms with Crippen molar-refractivity contribution in [2.24, 2.45) is 11.3 Å². The van der Waals surface area contributed by atoms with Gasteiger partial charge < -0.3 is 39.4 Å². The summed E-state index contributed by atoms with van der Waals surface area (Å²) in [5, 5.41) is 11.2. The molecule has 4 aliphatic rings. The number of carbonyl (C=O) groups excluding carboxylic acids is 5. The zero-order chi connectivity index (χ0) is 47.9. The number of hydrogen-bond acceptors (Lipinski definition) is 12. The summed E-state index contributed by atoms with van der Waals surface area (Å²) < 4.78 is 14.2. The second kappa shape index (κ2) is 19.7. The molecule has 8 rings (SSSR count). The van der Waals surface area contributed by atoms with Gasteiger partial charge in [-0.15, -0.1) is 11.3 Å². The lowest BCUT2D eigenvalue weighted by Crippen LogP contribution is -2.62. The minimum absolute atomic E-state index is 0.0173. The summed E-state index contributed by atoms with van der Waals surface area (Å²) in [5.74, 6) is -1.65. The third-order valence-electron chi connectivity index (χ3n) is 13.8. The second-order valence-corrected chi connectivity index (χ2v) is 20.6. The minimum atomic E-state index is -1.08. The first-order valence-corrected chi connectivity index (χ1v) is 24.5. The number of aryl methyl sites for hydroxylation is 1. The molecule has 0 spiro atoms. The van der Waals surface area contributed by atoms with E-state index in [-0.39, 0.29) is 49.1 Å². The highest BCUT2D eigenvalue weighted by molar-refractivity contribution is 7.10. The van der Waals surface area contributed by atoms with Crippen LogP contribution in [-0.4, -0.2) is 148 Å². The van der Waals surface area contributed by atoms with Crippen molar-refractivity contribution in [3.63, 3.8) is 0 Å². The number of carbonyl (C=O) groups is 5. The predicted molar refractivity (Wildman–Crippen MR) is 256 cm³/mol. The lowest BCUT2D eigenvalue weighted by Gasteiger charge is -2.37. The largest absolute Gasteiger partial charge is 0.464 e. The number of urea groups is 1. The molecule has 3 aromatic heterocycles. The number of likely N-dealkylation sites (N-methyl/N-ethyl adjacent to an activating group) is 2. The van der Waals surface area contributed by atoms with Crippen LogP contribution < -0.4 is 16.1 Å². The Morgan fingerprint density at radius 2 is 1.88 bits per heavy atom. The van der Waals surface area contributed by atoms with Crippen molar-refractivity contribution in [2.75, 3.05) is 54.0 Å². The topological polar surface area (TPSA) is 193 Å². The zero-order valence-corrected chi connectivity index (χ0v) is 41.1. The molecule has 360 valence electrons. The lowest BCUT2D eigenvalue weighted by atomic mass is 9.84. The third-order valence-corrected chi connectivity index (χ3v) is 14.7. The molecule has 3 N–H and O–H groups in total. The minimum Gasteiger partial charge on any atom is -0.464 e. The van der Waals surface area contributed by atoms with Gasteiger partial charge in [-0.25, -0.2) is 15.2 Å². The Balaban J connectivity index is 1.13. The second-order valence-electron chi connectivity index (χ2n) is 19.7. The number of rotatable bonds is 10. The van der Waals surface area contributed by atoms with Gasteiger partial charge in [0.15, 0.2) is 0 Å². The van der Waals surface area contributed by atoms with Crippen molar-refractivity contribution in [1.29, 1.82) is 0 Å². The van der Waals surface area contributed by atoms with E-state index in [4.69, 9.17) is 19.4 Å². The number of hydrazine groups is 1. The molecule has 18 heteroatoms. The lowest BCUT2D eigenvalue weighted by molar-refractivity contribution is -0.155. The highest BCUT2D eigenvalue weighted by Gasteiger charge is 2.42. The average Bonchev–Trinajstić information content (AvgIpc) is 3.72. The van der Waals surface area contributed by atoms with Gasteiger partial charge in [-0.05, 0) is 75.3 Å². The third kappa shape index (κ3) is 9.94. The molecule has 7 heterocycles. The van der Waals surface area contributed by atoms with Gasteiger partial charge in [-0.2, -0.15) is 0 Å². The molecule has 4 aliphatic heterocycles. The van der Waals surface area contributed by atoms with E-state index in [0.29, 0.717) is 63.4 Å². The first kappa shape index (κ1) is 48.0. The molecule has 67 heavy (non-hydrogen) atoms. The van der Waals surface area contributed by atoms with Crippen LogP contribution in [0.1, 0.15) is 83.2 Å². The van der Waals surface area contributed by atoms with E-state index >= 15 is 0 Å². The summed E-state index contributed by atoms with van der Waals surface area (Å²) in [4.78, 5) is 84.7. The maximum Gasteiger partial charge on any atom is 0.324 e. The summed E-state index contributed by atoms with van der Waals surface area (Å²) in [7, 11) is 5.07. The Labute approximate surface area is 396 Å². The summed E-state index contributed by atoms with van der Waals surface area (Å²) in [6, 6.07) is 7.02. The van der Waals surface area contributed by atoms with E-state index < -0.39 is 41.3 Å². The van der Waals surface area contributed by atoms with Crippen LogP contribution in [0.2, 0.25) is 0 Å². The number of methoxy groups -OCH3 is 1. The maximum absolute atomic E-state index is 14.7. The Morgan fingerprint density at radius 1 is 1.10 bits per heavy atom. The summed E-state index contributed by atoms with van der Waals surface area (Å²) >= 11 is 1.41. The monoisotopic (exact) mass is 938 g/mol. The average molecular weight is 939 g/mol.